The fourth-order valence-corrected chi connectivity index (χ4v) is 3.39. The first-order valence-corrected chi connectivity index (χ1v) is 8.60. The third-order valence-corrected chi connectivity index (χ3v) is 4.77. The van der Waals surface area contributed by atoms with Gasteiger partial charge in [0, 0.05) is 5.56 Å². The van der Waals surface area contributed by atoms with Gasteiger partial charge in [-0.05, 0) is 36.8 Å². The Morgan fingerprint density at radius 1 is 1.26 bits per heavy atom. The number of quaternary nitrogens is 1. The zero-order valence-corrected chi connectivity index (χ0v) is 14.8. The molecule has 1 fully saturated rings. The van der Waals surface area contributed by atoms with E-state index in [1.54, 1.807) is 0 Å². The van der Waals surface area contributed by atoms with E-state index in [9.17, 15) is 0 Å². The van der Waals surface area contributed by atoms with Crippen molar-refractivity contribution in [1.29, 1.82) is 0 Å². The summed E-state index contributed by atoms with van der Waals surface area (Å²) >= 11 is 11.8. The Morgan fingerprint density at radius 3 is 2.78 bits per heavy atom. The van der Waals surface area contributed by atoms with E-state index in [0.29, 0.717) is 5.02 Å². The van der Waals surface area contributed by atoms with Gasteiger partial charge in [0.25, 0.3) is 0 Å². The van der Waals surface area contributed by atoms with E-state index in [2.05, 4.69) is 40.5 Å². The number of nitrogens with one attached hydrogen (secondary N) is 2. The first-order chi connectivity index (χ1) is 11.1. The lowest BCUT2D eigenvalue weighted by molar-refractivity contribution is -0.904. The van der Waals surface area contributed by atoms with Gasteiger partial charge in [0.2, 0.25) is 0 Å². The molecule has 2 N–H and O–H groups in total. The molecule has 0 aliphatic carbocycles. The van der Waals surface area contributed by atoms with Crippen LogP contribution in [0.25, 0.3) is 0 Å². The van der Waals surface area contributed by atoms with Crippen LogP contribution in [0.1, 0.15) is 11.1 Å². The van der Waals surface area contributed by atoms with Crippen LogP contribution in [0.15, 0.2) is 48.5 Å². The van der Waals surface area contributed by atoms with Gasteiger partial charge in [-0.3, -0.25) is 4.90 Å². The van der Waals surface area contributed by atoms with E-state index in [1.807, 2.05) is 25.1 Å². The summed E-state index contributed by atoms with van der Waals surface area (Å²) in [6.07, 6.45) is 0. The molecule has 0 amide bonds. The van der Waals surface area contributed by atoms with Crippen molar-refractivity contribution in [3.63, 3.8) is 0 Å². The molecule has 5 heteroatoms. The molecule has 0 spiro atoms. The standard InChI is InChI=1S/C18H20ClN3S/c1-14-7-8-17(16(19)11-14)20-18(23)22-10-9-21(13-22)12-15-5-3-2-4-6-15/h2-8,11H,9-10,12-13H2,1H3,(H,20,23)/p+1. The van der Waals surface area contributed by atoms with Crippen LogP contribution in [0.3, 0.4) is 0 Å². The van der Waals surface area contributed by atoms with Crippen molar-refractivity contribution >= 4 is 34.6 Å². The van der Waals surface area contributed by atoms with Gasteiger partial charge < -0.3 is 10.2 Å². The van der Waals surface area contributed by atoms with Crippen LogP contribution in [-0.4, -0.2) is 29.8 Å². The number of thiocarbonyl (C=S) groups is 1. The Hall–Kier alpha value is -1.62. The quantitative estimate of drug-likeness (QED) is 0.834. The molecule has 1 unspecified atom stereocenters. The molecule has 0 saturated carbocycles. The molecule has 2 aromatic rings. The van der Waals surface area contributed by atoms with E-state index in [4.69, 9.17) is 23.8 Å². The zero-order valence-electron chi connectivity index (χ0n) is 13.2. The van der Waals surface area contributed by atoms with Gasteiger partial charge in [0.05, 0.1) is 23.8 Å². The maximum atomic E-state index is 6.27. The van der Waals surface area contributed by atoms with Crippen LogP contribution in [0, 0.1) is 6.92 Å². The summed E-state index contributed by atoms with van der Waals surface area (Å²) in [4.78, 5) is 3.74. The molecule has 1 atom stereocenters. The Morgan fingerprint density at radius 2 is 2.04 bits per heavy atom. The summed E-state index contributed by atoms with van der Waals surface area (Å²) in [6, 6.07) is 16.6. The minimum atomic E-state index is 0.708. The van der Waals surface area contributed by atoms with Crippen molar-refractivity contribution in [1.82, 2.24) is 4.90 Å². The van der Waals surface area contributed by atoms with Crippen LogP contribution in [0.2, 0.25) is 5.02 Å². The third kappa shape index (κ3) is 4.22. The highest BCUT2D eigenvalue weighted by Crippen LogP contribution is 2.23. The second-order valence-corrected chi connectivity index (χ2v) is 6.79. The first-order valence-electron chi connectivity index (χ1n) is 7.81. The second kappa shape index (κ2) is 7.30. The molecule has 120 valence electrons. The molecule has 1 aliphatic heterocycles. The van der Waals surface area contributed by atoms with Crippen molar-refractivity contribution in [2.24, 2.45) is 0 Å². The van der Waals surface area contributed by atoms with Gasteiger partial charge in [-0.25, -0.2) is 0 Å². The summed E-state index contributed by atoms with van der Waals surface area (Å²) in [5.74, 6) is 0. The number of hydrogen-bond donors (Lipinski definition) is 2. The maximum Gasteiger partial charge on any atom is 0.177 e. The van der Waals surface area contributed by atoms with E-state index in [1.165, 1.54) is 10.5 Å². The predicted octanol–water partition coefficient (Wildman–Crippen LogP) is 2.70. The van der Waals surface area contributed by atoms with Gasteiger partial charge in [-0.2, -0.15) is 0 Å². The highest BCUT2D eigenvalue weighted by molar-refractivity contribution is 7.80. The van der Waals surface area contributed by atoms with Crippen LogP contribution in [-0.2, 0) is 6.54 Å². The van der Waals surface area contributed by atoms with Crippen LogP contribution < -0.4 is 10.2 Å². The lowest BCUT2D eigenvalue weighted by Crippen LogP contribution is -3.09. The number of halogens is 1. The number of rotatable bonds is 3. The van der Waals surface area contributed by atoms with Gasteiger partial charge in [-0.15, -0.1) is 0 Å². The zero-order chi connectivity index (χ0) is 16.2. The van der Waals surface area contributed by atoms with Crippen molar-refractivity contribution in [2.45, 2.75) is 13.5 Å². The van der Waals surface area contributed by atoms with Crippen molar-refractivity contribution in [2.75, 3.05) is 25.1 Å². The molecule has 3 rings (SSSR count). The van der Waals surface area contributed by atoms with Crippen LogP contribution in [0.5, 0.6) is 0 Å². The average Bonchev–Trinajstić information content (AvgIpc) is 3.00. The summed E-state index contributed by atoms with van der Waals surface area (Å²) in [5.41, 5.74) is 3.38. The smallest absolute Gasteiger partial charge is 0.177 e. The van der Waals surface area contributed by atoms with Crippen LogP contribution >= 0.6 is 23.8 Å². The monoisotopic (exact) mass is 346 g/mol. The SMILES string of the molecule is Cc1ccc(NC(=S)N2CC[NH+](Cc3ccccc3)C2)c(Cl)c1. The minimum Gasteiger partial charge on any atom is -0.331 e. The molecular weight excluding hydrogens is 326 g/mol. The number of aryl methyl sites for hydroxylation is 1. The van der Waals surface area contributed by atoms with Crippen molar-refractivity contribution in [3.8, 4) is 0 Å². The van der Waals surface area contributed by atoms with Gasteiger partial charge >= 0.3 is 0 Å². The maximum absolute atomic E-state index is 6.27. The Kier molecular flexibility index (Phi) is 5.16. The van der Waals surface area contributed by atoms with E-state index < -0.39 is 0 Å². The molecule has 0 aromatic heterocycles. The third-order valence-electron chi connectivity index (χ3n) is 4.10. The van der Waals surface area contributed by atoms with Crippen molar-refractivity contribution < 1.29 is 4.90 Å². The van der Waals surface area contributed by atoms with Gasteiger partial charge in [0.1, 0.15) is 6.54 Å². The highest BCUT2D eigenvalue weighted by Gasteiger charge is 2.25. The van der Waals surface area contributed by atoms with Crippen molar-refractivity contribution in [3.05, 3.63) is 64.7 Å². The lowest BCUT2D eigenvalue weighted by atomic mass is 10.2. The molecule has 1 heterocycles. The van der Waals surface area contributed by atoms with E-state index in [0.717, 1.165) is 42.7 Å². The fraction of sp³-hybridized carbons (Fsp3) is 0.278. The summed E-state index contributed by atoms with van der Waals surface area (Å²) in [6.45, 7) is 6.05. The number of benzene rings is 2. The largest absolute Gasteiger partial charge is 0.331 e. The first kappa shape index (κ1) is 16.2. The summed E-state index contributed by atoms with van der Waals surface area (Å²) in [5, 5.41) is 4.73. The molecule has 0 bridgehead atoms. The molecular formula is C18H21ClN3S+. The van der Waals surface area contributed by atoms with Gasteiger partial charge in [-0.1, -0.05) is 48.0 Å². The predicted molar refractivity (Wildman–Crippen MR) is 100.0 cm³/mol. The fourth-order valence-electron chi connectivity index (χ4n) is 2.84. The van der Waals surface area contributed by atoms with E-state index >= 15 is 0 Å². The molecule has 23 heavy (non-hydrogen) atoms. The number of anilines is 1. The molecule has 1 aliphatic rings. The Labute approximate surface area is 147 Å². The number of hydrogen-bond acceptors (Lipinski definition) is 1. The average molecular weight is 347 g/mol. The molecule has 1 saturated heterocycles. The summed E-state index contributed by atoms with van der Waals surface area (Å²) in [7, 11) is 0. The molecule has 2 aromatic carbocycles. The Balaban J connectivity index is 1.57. The Bertz CT molecular complexity index is 690. The lowest BCUT2D eigenvalue weighted by Gasteiger charge is -2.19. The summed E-state index contributed by atoms with van der Waals surface area (Å²) < 4.78 is 0. The normalized spacial score (nSPS) is 17.3. The van der Waals surface area contributed by atoms with Crippen LogP contribution in [0.4, 0.5) is 5.69 Å². The highest BCUT2D eigenvalue weighted by atomic mass is 35.5. The molecule has 3 nitrogen and oxygen atoms in total. The van der Waals surface area contributed by atoms with Gasteiger partial charge in [0.15, 0.2) is 11.8 Å². The number of nitrogens with zero attached hydrogens (tertiary/aromatic N) is 1. The minimum absolute atomic E-state index is 0.708. The second-order valence-electron chi connectivity index (χ2n) is 6.00. The molecule has 0 radical (unpaired) electrons. The topological polar surface area (TPSA) is 19.7 Å². The van der Waals surface area contributed by atoms with E-state index in [-0.39, 0.29) is 0 Å².